The maximum absolute atomic E-state index is 11.3. The fourth-order valence-electron chi connectivity index (χ4n) is 0.941. The van der Waals surface area contributed by atoms with Crippen molar-refractivity contribution in [3.8, 4) is 5.75 Å². The highest BCUT2D eigenvalue weighted by Gasteiger charge is 2.12. The van der Waals surface area contributed by atoms with Crippen LogP contribution in [0.3, 0.4) is 0 Å². The first-order valence-corrected chi connectivity index (χ1v) is 4.37. The molecule has 6 heteroatoms. The van der Waals surface area contributed by atoms with Crippen LogP contribution < -0.4 is 5.32 Å². The summed E-state index contributed by atoms with van der Waals surface area (Å²) in [4.78, 5) is 21.5. The molecule has 3 N–H and O–H groups in total. The lowest BCUT2D eigenvalue weighted by atomic mass is 10.2. The molecule has 0 atom stereocenters. The number of phenolic OH excluding ortho intramolecular Hbond substituents is 1. The second kappa shape index (κ2) is 4.65. The zero-order valence-corrected chi connectivity index (χ0v) is 8.28. The first-order chi connectivity index (χ1) is 7.00. The average Bonchev–Trinajstić information content (AvgIpc) is 2.18. The second-order valence-electron chi connectivity index (χ2n) is 2.74. The van der Waals surface area contributed by atoms with Gasteiger partial charge in [0.2, 0.25) is 0 Å². The van der Waals surface area contributed by atoms with E-state index in [1.54, 1.807) is 0 Å². The van der Waals surface area contributed by atoms with Crippen LogP contribution in [0.1, 0.15) is 10.4 Å². The number of rotatable bonds is 3. The van der Waals surface area contributed by atoms with Crippen LogP contribution in [0.25, 0.3) is 0 Å². The monoisotopic (exact) mass is 229 g/mol. The molecule has 0 spiro atoms. The van der Waals surface area contributed by atoms with E-state index in [1.807, 2.05) is 0 Å². The number of phenols is 1. The van der Waals surface area contributed by atoms with Gasteiger partial charge in [0.1, 0.15) is 12.3 Å². The zero-order valence-electron chi connectivity index (χ0n) is 7.53. The van der Waals surface area contributed by atoms with E-state index in [-0.39, 0.29) is 16.3 Å². The lowest BCUT2D eigenvalue weighted by Gasteiger charge is -2.04. The molecule has 0 aliphatic rings. The fourth-order valence-corrected chi connectivity index (χ4v) is 1.11. The molecule has 1 rings (SSSR count). The number of nitrogens with one attached hydrogen (secondary N) is 1. The van der Waals surface area contributed by atoms with Crippen LogP contribution in [-0.2, 0) is 4.79 Å². The molecule has 0 aliphatic carbocycles. The lowest BCUT2D eigenvalue weighted by Crippen LogP contribution is -2.29. The summed E-state index contributed by atoms with van der Waals surface area (Å²) in [5.41, 5.74) is -0.0521. The van der Waals surface area contributed by atoms with Gasteiger partial charge in [0.15, 0.2) is 0 Å². The van der Waals surface area contributed by atoms with Crippen molar-refractivity contribution < 1.29 is 19.8 Å². The Bertz CT molecular complexity index is 405. The highest BCUT2D eigenvalue weighted by Crippen LogP contribution is 2.20. The number of carbonyl (C=O) groups is 2. The summed E-state index contributed by atoms with van der Waals surface area (Å²) in [5, 5.41) is 20.0. The molecular weight excluding hydrogens is 222 g/mol. The van der Waals surface area contributed by atoms with Crippen molar-refractivity contribution in [2.45, 2.75) is 0 Å². The van der Waals surface area contributed by atoms with Gasteiger partial charge in [-0.2, -0.15) is 0 Å². The minimum absolute atomic E-state index is 0.0521. The molecule has 0 bridgehead atoms. The third-order valence-corrected chi connectivity index (χ3v) is 1.84. The summed E-state index contributed by atoms with van der Waals surface area (Å²) in [6.45, 7) is -0.509. The van der Waals surface area contributed by atoms with Gasteiger partial charge in [-0.15, -0.1) is 0 Å². The Morgan fingerprint density at radius 2 is 2.07 bits per heavy atom. The number of aliphatic carboxylic acids is 1. The van der Waals surface area contributed by atoms with Crippen LogP contribution >= 0.6 is 11.6 Å². The lowest BCUT2D eigenvalue weighted by molar-refractivity contribution is -0.135. The molecule has 1 aromatic carbocycles. The number of benzene rings is 1. The average molecular weight is 230 g/mol. The summed E-state index contributed by atoms with van der Waals surface area (Å²) in [6, 6.07) is 3.94. The van der Waals surface area contributed by atoms with Crippen molar-refractivity contribution in [1.29, 1.82) is 0 Å². The van der Waals surface area contributed by atoms with Crippen LogP contribution in [0, 0.1) is 0 Å². The number of hydrogen-bond donors (Lipinski definition) is 3. The van der Waals surface area contributed by atoms with Gasteiger partial charge in [-0.3, -0.25) is 9.59 Å². The van der Waals surface area contributed by atoms with E-state index in [9.17, 15) is 14.7 Å². The van der Waals surface area contributed by atoms with Gasteiger partial charge in [0.25, 0.3) is 5.91 Å². The largest absolute Gasteiger partial charge is 0.507 e. The predicted molar refractivity (Wildman–Crippen MR) is 53.1 cm³/mol. The number of carbonyl (C=O) groups excluding carboxylic acids is 1. The van der Waals surface area contributed by atoms with Crippen molar-refractivity contribution in [3.05, 3.63) is 28.8 Å². The third kappa shape index (κ3) is 3.14. The Labute approximate surface area is 90.3 Å². The summed E-state index contributed by atoms with van der Waals surface area (Å²) in [6.07, 6.45) is 0. The normalized spacial score (nSPS) is 9.67. The maximum Gasteiger partial charge on any atom is 0.322 e. The Morgan fingerprint density at radius 1 is 1.40 bits per heavy atom. The number of aromatic hydroxyl groups is 1. The number of hydrogen-bond acceptors (Lipinski definition) is 3. The molecule has 0 aliphatic heterocycles. The summed E-state index contributed by atoms with van der Waals surface area (Å²) in [7, 11) is 0. The van der Waals surface area contributed by atoms with E-state index < -0.39 is 18.4 Å². The van der Waals surface area contributed by atoms with Crippen LogP contribution in [-0.4, -0.2) is 28.6 Å². The van der Waals surface area contributed by atoms with E-state index in [0.717, 1.165) is 0 Å². The zero-order chi connectivity index (χ0) is 11.4. The summed E-state index contributed by atoms with van der Waals surface area (Å²) in [5.74, 6) is -2.09. The Balaban J connectivity index is 2.81. The molecule has 0 radical (unpaired) electrons. The molecule has 80 valence electrons. The van der Waals surface area contributed by atoms with E-state index in [0.29, 0.717) is 0 Å². The molecule has 1 amide bonds. The summed E-state index contributed by atoms with van der Waals surface area (Å²) < 4.78 is 0. The second-order valence-corrected chi connectivity index (χ2v) is 3.17. The Hall–Kier alpha value is -1.75. The van der Waals surface area contributed by atoms with Gasteiger partial charge in [0.05, 0.1) is 5.56 Å². The van der Waals surface area contributed by atoms with Crippen molar-refractivity contribution in [2.75, 3.05) is 6.54 Å². The van der Waals surface area contributed by atoms with E-state index in [4.69, 9.17) is 16.7 Å². The molecule has 0 fully saturated rings. The SMILES string of the molecule is O=C(O)CNC(=O)c1cc(Cl)ccc1O. The molecule has 0 saturated heterocycles. The highest BCUT2D eigenvalue weighted by atomic mass is 35.5. The first-order valence-electron chi connectivity index (χ1n) is 3.99. The van der Waals surface area contributed by atoms with E-state index >= 15 is 0 Å². The molecule has 0 heterocycles. The highest BCUT2D eigenvalue weighted by molar-refractivity contribution is 6.31. The van der Waals surface area contributed by atoms with Gasteiger partial charge in [-0.1, -0.05) is 11.6 Å². The Morgan fingerprint density at radius 3 is 2.67 bits per heavy atom. The minimum Gasteiger partial charge on any atom is -0.507 e. The van der Waals surface area contributed by atoms with Crippen LogP contribution in [0.2, 0.25) is 5.02 Å². The molecule has 0 aromatic heterocycles. The number of carboxylic acid groups (broad SMARTS) is 1. The van der Waals surface area contributed by atoms with E-state index in [2.05, 4.69) is 5.32 Å². The smallest absolute Gasteiger partial charge is 0.322 e. The molecule has 5 nitrogen and oxygen atoms in total. The number of carboxylic acids is 1. The molecule has 1 aromatic rings. The van der Waals surface area contributed by atoms with Crippen LogP contribution in [0.4, 0.5) is 0 Å². The predicted octanol–water partition coefficient (Wildman–Crippen LogP) is 0.860. The van der Waals surface area contributed by atoms with Crippen molar-refractivity contribution in [1.82, 2.24) is 5.32 Å². The quantitative estimate of drug-likeness (QED) is 0.718. The first kappa shape index (κ1) is 11.3. The Kier molecular flexibility index (Phi) is 3.51. The van der Waals surface area contributed by atoms with Gasteiger partial charge >= 0.3 is 5.97 Å². The van der Waals surface area contributed by atoms with Crippen molar-refractivity contribution in [3.63, 3.8) is 0 Å². The molecule has 15 heavy (non-hydrogen) atoms. The summed E-state index contributed by atoms with van der Waals surface area (Å²) >= 11 is 5.62. The van der Waals surface area contributed by atoms with Crippen molar-refractivity contribution >= 4 is 23.5 Å². The number of amides is 1. The van der Waals surface area contributed by atoms with Gasteiger partial charge in [-0.25, -0.2) is 0 Å². The third-order valence-electron chi connectivity index (χ3n) is 1.60. The molecule has 0 saturated carbocycles. The number of halogens is 1. The van der Waals surface area contributed by atoms with Gasteiger partial charge in [-0.05, 0) is 18.2 Å². The molecule has 0 unspecified atom stereocenters. The van der Waals surface area contributed by atoms with E-state index in [1.165, 1.54) is 18.2 Å². The minimum atomic E-state index is -1.16. The van der Waals surface area contributed by atoms with Gasteiger partial charge < -0.3 is 15.5 Å². The molecular formula is C9H8ClNO4. The van der Waals surface area contributed by atoms with Gasteiger partial charge in [0, 0.05) is 5.02 Å². The maximum atomic E-state index is 11.3. The van der Waals surface area contributed by atoms with Crippen molar-refractivity contribution in [2.24, 2.45) is 0 Å². The standard InChI is InChI=1S/C9H8ClNO4/c10-5-1-2-7(12)6(3-5)9(15)11-4-8(13)14/h1-3,12H,4H2,(H,11,15)(H,13,14). The topological polar surface area (TPSA) is 86.6 Å². The van der Waals surface area contributed by atoms with Crippen LogP contribution in [0.5, 0.6) is 5.75 Å². The fraction of sp³-hybridized carbons (Fsp3) is 0.111. The van der Waals surface area contributed by atoms with Crippen LogP contribution in [0.15, 0.2) is 18.2 Å².